The zero-order chi connectivity index (χ0) is 16.8. The minimum Gasteiger partial charge on any atom is -0.454 e. The highest BCUT2D eigenvalue weighted by Gasteiger charge is 2.12. The monoisotopic (exact) mass is 458 g/mol. The van der Waals surface area contributed by atoms with Crippen LogP contribution in [0.2, 0.25) is 0 Å². The zero-order valence-electron chi connectivity index (χ0n) is 14.4. The second kappa shape index (κ2) is 9.44. The fourth-order valence-electron chi connectivity index (χ4n) is 2.36. The number of halogens is 1. The van der Waals surface area contributed by atoms with Crippen LogP contribution in [0.15, 0.2) is 29.5 Å². The van der Waals surface area contributed by atoms with Gasteiger partial charge in [-0.3, -0.25) is 0 Å². The Morgan fingerprint density at radius 3 is 2.88 bits per heavy atom. The first kappa shape index (κ1) is 19.3. The Morgan fingerprint density at radius 2 is 2.12 bits per heavy atom. The van der Waals surface area contributed by atoms with Gasteiger partial charge in [-0.05, 0) is 31.0 Å². The molecule has 1 aliphatic heterocycles. The van der Waals surface area contributed by atoms with Crippen LogP contribution in [0.5, 0.6) is 11.5 Å². The fourth-order valence-corrected chi connectivity index (χ4v) is 2.36. The Kier molecular flexibility index (Phi) is 7.29. The molecule has 0 aliphatic carbocycles. The summed E-state index contributed by atoms with van der Waals surface area (Å²) < 4.78 is 12.6. The van der Waals surface area contributed by atoms with Crippen molar-refractivity contribution in [2.45, 2.75) is 19.9 Å². The van der Waals surface area contributed by atoms with Gasteiger partial charge >= 0.3 is 0 Å². The van der Waals surface area contributed by atoms with Gasteiger partial charge in [0, 0.05) is 20.1 Å². The molecule has 0 saturated heterocycles. The van der Waals surface area contributed by atoms with Crippen LogP contribution in [0.25, 0.3) is 0 Å². The van der Waals surface area contributed by atoms with Gasteiger partial charge in [0.05, 0.1) is 0 Å². The summed E-state index contributed by atoms with van der Waals surface area (Å²) in [5.41, 5.74) is 1.19. The minimum atomic E-state index is 0. The van der Waals surface area contributed by atoms with E-state index in [0.29, 0.717) is 13.3 Å². The zero-order valence-corrected chi connectivity index (χ0v) is 16.7. The molecule has 8 nitrogen and oxygen atoms in total. The predicted molar refractivity (Wildman–Crippen MR) is 106 cm³/mol. The van der Waals surface area contributed by atoms with Gasteiger partial charge in [0.1, 0.15) is 12.9 Å². The number of guanidine groups is 1. The summed E-state index contributed by atoms with van der Waals surface area (Å²) in [6.45, 7) is 4.39. The van der Waals surface area contributed by atoms with E-state index < -0.39 is 0 Å². The molecule has 1 aliphatic rings. The second-order valence-electron chi connectivity index (χ2n) is 5.42. The molecule has 0 atom stereocenters. The Balaban J connectivity index is 0.00000225. The van der Waals surface area contributed by atoms with Crippen LogP contribution in [-0.4, -0.2) is 40.6 Å². The van der Waals surface area contributed by atoms with Gasteiger partial charge in [-0.1, -0.05) is 6.07 Å². The number of aromatic nitrogens is 3. The maximum absolute atomic E-state index is 5.40. The number of nitrogens with zero attached hydrogens (tertiary/aromatic N) is 4. The molecular formula is C16H23IN6O2. The number of nitrogens with one attached hydrogen (secondary N) is 2. The van der Waals surface area contributed by atoms with E-state index in [1.807, 2.05) is 30.7 Å². The molecule has 0 fully saturated rings. The van der Waals surface area contributed by atoms with E-state index in [0.717, 1.165) is 42.8 Å². The third-order valence-electron chi connectivity index (χ3n) is 3.67. The van der Waals surface area contributed by atoms with Crippen LogP contribution < -0.4 is 20.1 Å². The topological polar surface area (TPSA) is 85.6 Å². The standard InChI is InChI=1S/C16H22N6O2.HI/c1-3-17-16(19-9-15-21-20-10-22(15)2)18-7-6-12-4-5-13-14(8-12)24-11-23-13;/h4-5,8,10H,3,6-7,9,11H2,1-2H3,(H2,17,18,19);1H. The summed E-state index contributed by atoms with van der Waals surface area (Å²) in [5.74, 6) is 3.21. The first-order valence-electron chi connectivity index (χ1n) is 8.00. The molecule has 0 spiro atoms. The van der Waals surface area contributed by atoms with Crippen molar-refractivity contribution >= 4 is 29.9 Å². The van der Waals surface area contributed by atoms with Gasteiger partial charge in [-0.15, -0.1) is 34.2 Å². The van der Waals surface area contributed by atoms with Crippen molar-refractivity contribution in [1.82, 2.24) is 25.4 Å². The van der Waals surface area contributed by atoms with Crippen molar-refractivity contribution in [2.75, 3.05) is 19.9 Å². The van der Waals surface area contributed by atoms with E-state index in [2.05, 4.69) is 31.9 Å². The highest BCUT2D eigenvalue weighted by molar-refractivity contribution is 14.0. The van der Waals surface area contributed by atoms with Crippen LogP contribution in [0.1, 0.15) is 18.3 Å². The smallest absolute Gasteiger partial charge is 0.231 e. The van der Waals surface area contributed by atoms with Crippen LogP contribution in [0.4, 0.5) is 0 Å². The van der Waals surface area contributed by atoms with E-state index in [1.54, 1.807) is 6.33 Å². The van der Waals surface area contributed by atoms with Crippen molar-refractivity contribution in [2.24, 2.45) is 12.0 Å². The van der Waals surface area contributed by atoms with Gasteiger partial charge in [0.15, 0.2) is 23.3 Å². The molecule has 0 amide bonds. The lowest BCUT2D eigenvalue weighted by Gasteiger charge is -2.11. The minimum absolute atomic E-state index is 0. The summed E-state index contributed by atoms with van der Waals surface area (Å²) in [6, 6.07) is 6.03. The van der Waals surface area contributed by atoms with Gasteiger partial charge in [0.2, 0.25) is 6.79 Å². The summed E-state index contributed by atoms with van der Waals surface area (Å²) >= 11 is 0. The molecule has 2 aromatic rings. The van der Waals surface area contributed by atoms with Crippen molar-refractivity contribution < 1.29 is 9.47 Å². The lowest BCUT2D eigenvalue weighted by Crippen LogP contribution is -2.38. The molecule has 1 aromatic heterocycles. The average molecular weight is 458 g/mol. The van der Waals surface area contributed by atoms with Crippen molar-refractivity contribution in [3.63, 3.8) is 0 Å². The molecule has 2 N–H and O–H groups in total. The van der Waals surface area contributed by atoms with Crippen LogP contribution in [-0.2, 0) is 20.0 Å². The molecule has 3 rings (SSSR count). The van der Waals surface area contributed by atoms with Gasteiger partial charge < -0.3 is 24.7 Å². The molecule has 2 heterocycles. The molecule has 25 heavy (non-hydrogen) atoms. The van der Waals surface area contributed by atoms with Crippen LogP contribution in [0, 0.1) is 0 Å². The highest BCUT2D eigenvalue weighted by atomic mass is 127. The van der Waals surface area contributed by atoms with Crippen LogP contribution in [0.3, 0.4) is 0 Å². The largest absolute Gasteiger partial charge is 0.454 e. The first-order valence-corrected chi connectivity index (χ1v) is 8.00. The summed E-state index contributed by atoms with van der Waals surface area (Å²) in [4.78, 5) is 4.53. The molecule has 0 bridgehead atoms. The molecule has 136 valence electrons. The quantitative estimate of drug-likeness (QED) is 0.388. The van der Waals surface area contributed by atoms with Gasteiger partial charge in [-0.2, -0.15) is 0 Å². The Morgan fingerprint density at radius 1 is 1.28 bits per heavy atom. The Labute approximate surface area is 164 Å². The number of aryl methyl sites for hydroxylation is 1. The van der Waals surface area contributed by atoms with Gasteiger partial charge in [-0.25, -0.2) is 4.99 Å². The van der Waals surface area contributed by atoms with E-state index in [9.17, 15) is 0 Å². The predicted octanol–water partition coefficient (Wildman–Crippen LogP) is 1.46. The molecule has 0 radical (unpaired) electrons. The number of hydrogen-bond acceptors (Lipinski definition) is 5. The maximum Gasteiger partial charge on any atom is 0.231 e. The average Bonchev–Trinajstić information content (AvgIpc) is 3.21. The summed E-state index contributed by atoms with van der Waals surface area (Å²) in [7, 11) is 1.91. The molecule has 9 heteroatoms. The van der Waals surface area contributed by atoms with Crippen molar-refractivity contribution in [3.8, 4) is 11.5 Å². The third-order valence-corrected chi connectivity index (χ3v) is 3.67. The van der Waals surface area contributed by atoms with Crippen molar-refractivity contribution in [1.29, 1.82) is 0 Å². The number of aliphatic imine (C=N–C) groups is 1. The van der Waals surface area contributed by atoms with E-state index in [-0.39, 0.29) is 24.0 Å². The summed E-state index contributed by atoms with van der Waals surface area (Å²) in [5, 5.41) is 14.4. The van der Waals surface area contributed by atoms with Crippen LogP contribution >= 0.6 is 24.0 Å². The number of fused-ring (bicyclic) bond motifs is 1. The fraction of sp³-hybridized carbons (Fsp3) is 0.438. The van der Waals surface area contributed by atoms with E-state index in [4.69, 9.17) is 9.47 Å². The lowest BCUT2D eigenvalue weighted by molar-refractivity contribution is 0.174. The summed E-state index contributed by atoms with van der Waals surface area (Å²) in [6.07, 6.45) is 2.54. The lowest BCUT2D eigenvalue weighted by atomic mass is 10.1. The second-order valence-corrected chi connectivity index (χ2v) is 5.42. The number of hydrogen-bond donors (Lipinski definition) is 2. The van der Waals surface area contributed by atoms with Crippen molar-refractivity contribution in [3.05, 3.63) is 35.9 Å². The first-order chi connectivity index (χ1) is 11.8. The van der Waals surface area contributed by atoms with E-state index in [1.165, 1.54) is 5.56 Å². The number of rotatable bonds is 6. The highest BCUT2D eigenvalue weighted by Crippen LogP contribution is 2.32. The Hall–Kier alpha value is -2.04. The molecule has 1 aromatic carbocycles. The number of benzene rings is 1. The number of ether oxygens (including phenoxy) is 2. The Bertz CT molecular complexity index is 718. The molecule has 0 saturated carbocycles. The van der Waals surface area contributed by atoms with E-state index >= 15 is 0 Å². The normalized spacial score (nSPS) is 12.6. The SMILES string of the molecule is CCNC(=NCc1nncn1C)NCCc1ccc2c(c1)OCO2.I. The third kappa shape index (κ3) is 5.21. The molecule has 0 unspecified atom stereocenters. The maximum atomic E-state index is 5.40. The van der Waals surface area contributed by atoms with Gasteiger partial charge in [0.25, 0.3) is 0 Å². The molecular weight excluding hydrogens is 435 g/mol.